The molecule has 0 spiro atoms. The summed E-state index contributed by atoms with van der Waals surface area (Å²) in [5.41, 5.74) is 4.24. The number of carbonyl (C=O) groups excluding carboxylic acids is 1. The molecule has 0 saturated heterocycles. The van der Waals surface area contributed by atoms with Crippen LogP contribution in [-0.2, 0) is 16.2 Å². The van der Waals surface area contributed by atoms with E-state index in [1.807, 2.05) is 37.3 Å². The van der Waals surface area contributed by atoms with Crippen LogP contribution >= 0.6 is 11.6 Å². The largest absolute Gasteiger partial charge is 0.481 e. The van der Waals surface area contributed by atoms with E-state index in [-0.39, 0.29) is 5.91 Å². The Balaban J connectivity index is 1.82. The van der Waals surface area contributed by atoms with E-state index in [4.69, 9.17) is 21.2 Å². The van der Waals surface area contributed by atoms with Gasteiger partial charge < -0.3 is 4.74 Å². The van der Waals surface area contributed by atoms with Crippen LogP contribution in [0.2, 0.25) is 5.02 Å². The highest BCUT2D eigenvalue weighted by Crippen LogP contribution is 2.22. The second kappa shape index (κ2) is 7.82. The molecule has 116 valence electrons. The number of hydrogen-bond acceptors (Lipinski definition) is 3. The van der Waals surface area contributed by atoms with Gasteiger partial charge in [-0.25, -0.2) is 5.48 Å². The van der Waals surface area contributed by atoms with Crippen molar-refractivity contribution < 1.29 is 14.4 Å². The van der Waals surface area contributed by atoms with Gasteiger partial charge in [0.15, 0.2) is 6.10 Å². The van der Waals surface area contributed by atoms with Crippen molar-refractivity contribution in [3.05, 3.63) is 64.7 Å². The highest BCUT2D eigenvalue weighted by atomic mass is 35.5. The number of halogens is 1. The molecule has 0 heterocycles. The number of benzene rings is 2. The van der Waals surface area contributed by atoms with Crippen LogP contribution in [0.3, 0.4) is 0 Å². The molecule has 2 rings (SSSR count). The first-order valence-corrected chi connectivity index (χ1v) is 7.32. The van der Waals surface area contributed by atoms with Crippen molar-refractivity contribution in [3.63, 3.8) is 0 Å². The fraction of sp³-hybridized carbons (Fsp3) is 0.235. The minimum absolute atomic E-state index is 0.305. The second-order valence-corrected chi connectivity index (χ2v) is 5.35. The third-order valence-corrected chi connectivity index (χ3v) is 3.30. The van der Waals surface area contributed by atoms with Gasteiger partial charge in [-0.2, -0.15) is 0 Å². The molecule has 22 heavy (non-hydrogen) atoms. The SMILES string of the molecule is Cc1cc(Cl)ccc1O[C@@H](C)C(=O)NOCc1ccccc1. The zero-order valence-corrected chi connectivity index (χ0v) is 13.3. The normalized spacial score (nSPS) is 11.8. The number of amides is 1. The summed E-state index contributed by atoms with van der Waals surface area (Å²) in [7, 11) is 0. The predicted octanol–water partition coefficient (Wildman–Crippen LogP) is 3.66. The van der Waals surface area contributed by atoms with Gasteiger partial charge >= 0.3 is 0 Å². The zero-order valence-electron chi connectivity index (χ0n) is 12.5. The van der Waals surface area contributed by atoms with Gasteiger partial charge in [0, 0.05) is 5.02 Å². The van der Waals surface area contributed by atoms with Crippen LogP contribution in [0.5, 0.6) is 5.75 Å². The van der Waals surface area contributed by atoms with Gasteiger partial charge in [-0.05, 0) is 43.2 Å². The third kappa shape index (κ3) is 4.76. The Hall–Kier alpha value is -2.04. The molecule has 0 aliphatic heterocycles. The summed E-state index contributed by atoms with van der Waals surface area (Å²) in [5, 5.41) is 0.633. The lowest BCUT2D eigenvalue weighted by Crippen LogP contribution is -2.36. The lowest BCUT2D eigenvalue weighted by Gasteiger charge is -2.16. The van der Waals surface area contributed by atoms with E-state index in [9.17, 15) is 4.79 Å². The molecule has 4 nitrogen and oxygen atoms in total. The van der Waals surface area contributed by atoms with Crippen LogP contribution in [-0.4, -0.2) is 12.0 Å². The second-order valence-electron chi connectivity index (χ2n) is 4.91. The molecule has 0 fully saturated rings. The molecule has 5 heteroatoms. The maximum atomic E-state index is 11.9. The van der Waals surface area contributed by atoms with Gasteiger partial charge in [-0.3, -0.25) is 9.63 Å². The van der Waals surface area contributed by atoms with Crippen molar-refractivity contribution in [3.8, 4) is 5.75 Å². The topological polar surface area (TPSA) is 47.6 Å². The first kappa shape index (κ1) is 16.3. The maximum Gasteiger partial charge on any atom is 0.284 e. The van der Waals surface area contributed by atoms with Crippen LogP contribution in [0.1, 0.15) is 18.1 Å². The highest BCUT2D eigenvalue weighted by molar-refractivity contribution is 6.30. The average molecular weight is 320 g/mol. The number of rotatable bonds is 6. The van der Waals surface area contributed by atoms with Gasteiger partial charge in [-0.15, -0.1) is 0 Å². The van der Waals surface area contributed by atoms with Gasteiger partial charge in [0.05, 0.1) is 6.61 Å². The van der Waals surface area contributed by atoms with E-state index in [0.29, 0.717) is 17.4 Å². The molecule has 0 saturated carbocycles. The van der Waals surface area contributed by atoms with Crippen molar-refractivity contribution in [2.75, 3.05) is 0 Å². The summed E-state index contributed by atoms with van der Waals surface area (Å²) in [4.78, 5) is 17.1. The highest BCUT2D eigenvalue weighted by Gasteiger charge is 2.15. The first-order valence-electron chi connectivity index (χ1n) is 6.94. The lowest BCUT2D eigenvalue weighted by molar-refractivity contribution is -0.141. The number of hydroxylamine groups is 1. The van der Waals surface area contributed by atoms with Crippen LogP contribution in [0.15, 0.2) is 48.5 Å². The van der Waals surface area contributed by atoms with Gasteiger partial charge in [-0.1, -0.05) is 41.9 Å². The molecule has 0 radical (unpaired) electrons. The van der Waals surface area contributed by atoms with Crippen molar-refractivity contribution in [2.45, 2.75) is 26.6 Å². The van der Waals surface area contributed by atoms with Gasteiger partial charge in [0.25, 0.3) is 5.91 Å². The Labute approximate surface area is 135 Å². The van der Waals surface area contributed by atoms with Crippen LogP contribution < -0.4 is 10.2 Å². The number of nitrogens with one attached hydrogen (secondary N) is 1. The number of hydrogen-bond donors (Lipinski definition) is 1. The number of ether oxygens (including phenoxy) is 1. The lowest BCUT2D eigenvalue weighted by atomic mass is 10.2. The monoisotopic (exact) mass is 319 g/mol. The molecule has 1 atom stereocenters. The predicted molar refractivity (Wildman–Crippen MR) is 85.7 cm³/mol. The minimum atomic E-state index is -0.671. The fourth-order valence-corrected chi connectivity index (χ4v) is 2.06. The fourth-order valence-electron chi connectivity index (χ4n) is 1.84. The van der Waals surface area contributed by atoms with Gasteiger partial charge in [0.1, 0.15) is 5.75 Å². The third-order valence-electron chi connectivity index (χ3n) is 3.06. The summed E-state index contributed by atoms with van der Waals surface area (Å²) in [6.07, 6.45) is -0.671. The average Bonchev–Trinajstić information content (AvgIpc) is 2.51. The minimum Gasteiger partial charge on any atom is -0.481 e. The Morgan fingerprint density at radius 2 is 1.95 bits per heavy atom. The Morgan fingerprint density at radius 1 is 1.23 bits per heavy atom. The molecular formula is C17H18ClNO3. The molecule has 1 N–H and O–H groups in total. The zero-order chi connectivity index (χ0) is 15.9. The Kier molecular flexibility index (Phi) is 5.81. The van der Waals surface area contributed by atoms with Crippen molar-refractivity contribution >= 4 is 17.5 Å². The van der Waals surface area contributed by atoms with E-state index < -0.39 is 6.10 Å². The summed E-state index contributed by atoms with van der Waals surface area (Å²) < 4.78 is 5.61. The number of carbonyl (C=O) groups is 1. The van der Waals surface area contributed by atoms with Crippen molar-refractivity contribution in [2.24, 2.45) is 0 Å². The molecule has 0 aromatic heterocycles. The Bertz CT molecular complexity index is 631. The van der Waals surface area contributed by atoms with Crippen molar-refractivity contribution in [1.29, 1.82) is 0 Å². The molecule has 1 amide bonds. The van der Waals surface area contributed by atoms with E-state index in [1.54, 1.807) is 25.1 Å². The summed E-state index contributed by atoms with van der Waals surface area (Å²) >= 11 is 5.89. The van der Waals surface area contributed by atoms with E-state index in [1.165, 1.54) is 0 Å². The smallest absolute Gasteiger partial charge is 0.284 e. The quantitative estimate of drug-likeness (QED) is 0.826. The molecular weight excluding hydrogens is 302 g/mol. The molecule has 0 unspecified atom stereocenters. The van der Waals surface area contributed by atoms with Crippen molar-refractivity contribution in [1.82, 2.24) is 5.48 Å². The standard InChI is InChI=1S/C17H18ClNO3/c1-12-10-15(18)8-9-16(12)22-13(2)17(20)19-21-11-14-6-4-3-5-7-14/h3-10,13H,11H2,1-2H3,(H,19,20)/t13-/m0/s1. The molecule has 0 aliphatic carbocycles. The van der Waals surface area contributed by atoms with Crippen LogP contribution in [0, 0.1) is 6.92 Å². The molecule has 0 aliphatic rings. The molecule has 2 aromatic carbocycles. The first-order chi connectivity index (χ1) is 10.6. The Morgan fingerprint density at radius 3 is 2.64 bits per heavy atom. The summed E-state index contributed by atoms with van der Waals surface area (Å²) in [5.74, 6) is 0.278. The molecule has 0 bridgehead atoms. The van der Waals surface area contributed by atoms with E-state index >= 15 is 0 Å². The van der Waals surface area contributed by atoms with Crippen LogP contribution in [0.4, 0.5) is 0 Å². The number of aryl methyl sites for hydroxylation is 1. The van der Waals surface area contributed by atoms with E-state index in [2.05, 4.69) is 5.48 Å². The molecule has 2 aromatic rings. The summed E-state index contributed by atoms with van der Waals surface area (Å²) in [6.45, 7) is 3.84. The van der Waals surface area contributed by atoms with Gasteiger partial charge in [0.2, 0.25) is 0 Å². The maximum absolute atomic E-state index is 11.9. The van der Waals surface area contributed by atoms with Crippen LogP contribution in [0.25, 0.3) is 0 Å². The summed E-state index contributed by atoms with van der Waals surface area (Å²) in [6, 6.07) is 14.8. The van der Waals surface area contributed by atoms with E-state index in [0.717, 1.165) is 11.1 Å².